The van der Waals surface area contributed by atoms with Gasteiger partial charge >= 0.3 is 0 Å². The van der Waals surface area contributed by atoms with Crippen molar-refractivity contribution >= 4 is 17.4 Å². The predicted octanol–water partition coefficient (Wildman–Crippen LogP) is 3.78. The maximum Gasteiger partial charge on any atom is 0.187 e. The Morgan fingerprint density at radius 1 is 1.33 bits per heavy atom. The van der Waals surface area contributed by atoms with Gasteiger partial charge in [0.05, 0.1) is 16.1 Å². The van der Waals surface area contributed by atoms with Crippen molar-refractivity contribution in [1.82, 2.24) is 4.90 Å². The van der Waals surface area contributed by atoms with E-state index < -0.39 is 11.4 Å². The number of hydrogen-bond acceptors (Lipinski definition) is 2. The fourth-order valence-electron chi connectivity index (χ4n) is 2.35. The molecule has 0 radical (unpaired) electrons. The van der Waals surface area contributed by atoms with E-state index >= 15 is 0 Å². The number of rotatable bonds is 5. The van der Waals surface area contributed by atoms with Crippen LogP contribution in [0.5, 0.6) is 0 Å². The molecule has 0 heterocycles. The van der Waals surface area contributed by atoms with Gasteiger partial charge < -0.3 is 0 Å². The number of carbonyl (C=O) groups is 1. The summed E-state index contributed by atoms with van der Waals surface area (Å²) in [5.41, 5.74) is -0.706. The van der Waals surface area contributed by atoms with Crippen LogP contribution in [-0.4, -0.2) is 30.3 Å². The molecule has 4 heteroatoms. The van der Waals surface area contributed by atoms with Gasteiger partial charge in [-0.2, -0.15) is 0 Å². The molecule has 18 heavy (non-hydrogen) atoms. The first-order chi connectivity index (χ1) is 8.40. The van der Waals surface area contributed by atoms with Gasteiger partial charge in [0.25, 0.3) is 0 Å². The molecule has 0 spiro atoms. The monoisotopic (exact) mass is 271 g/mol. The topological polar surface area (TPSA) is 20.3 Å². The number of ketones is 1. The smallest absolute Gasteiger partial charge is 0.187 e. The zero-order chi connectivity index (χ0) is 13.9. The first kappa shape index (κ1) is 15.1. The summed E-state index contributed by atoms with van der Waals surface area (Å²) in [6.07, 6.45) is 1.22. The largest absolute Gasteiger partial charge is 0.297 e. The maximum atomic E-state index is 13.8. The number of carbonyl (C=O) groups excluding carboxylic acids is 1. The van der Waals surface area contributed by atoms with Crippen molar-refractivity contribution < 1.29 is 9.18 Å². The number of likely N-dealkylation sites (N-methyl/N-ethyl adjacent to an activating group) is 1. The van der Waals surface area contributed by atoms with Crippen LogP contribution in [0.4, 0.5) is 4.39 Å². The van der Waals surface area contributed by atoms with Gasteiger partial charge in [-0.05, 0) is 39.1 Å². The van der Waals surface area contributed by atoms with Crippen LogP contribution in [-0.2, 0) is 0 Å². The summed E-state index contributed by atoms with van der Waals surface area (Å²) in [5, 5.41) is 0.174. The van der Waals surface area contributed by atoms with Crippen LogP contribution in [0.25, 0.3) is 0 Å². The highest BCUT2D eigenvalue weighted by atomic mass is 35.5. The predicted molar refractivity (Wildman–Crippen MR) is 72.7 cm³/mol. The van der Waals surface area contributed by atoms with Crippen LogP contribution in [0.3, 0.4) is 0 Å². The Balaban J connectivity index is 3.36. The Hall–Kier alpha value is -0.930. The molecular weight excluding hydrogens is 253 g/mol. The van der Waals surface area contributed by atoms with Crippen LogP contribution in [0.15, 0.2) is 18.2 Å². The van der Waals surface area contributed by atoms with E-state index in [9.17, 15) is 9.18 Å². The molecule has 0 bridgehead atoms. The number of Topliss-reactive ketones (excluding diaryl/α,β-unsaturated/α-hetero) is 1. The Morgan fingerprint density at radius 2 is 1.89 bits per heavy atom. The zero-order valence-electron chi connectivity index (χ0n) is 11.3. The number of nitrogens with zero attached hydrogens (tertiary/aromatic N) is 1. The highest BCUT2D eigenvalue weighted by Crippen LogP contribution is 2.30. The van der Waals surface area contributed by atoms with E-state index in [1.165, 1.54) is 12.1 Å². The second-order valence-corrected chi connectivity index (χ2v) is 4.97. The lowest BCUT2D eigenvalue weighted by atomic mass is 9.83. The molecule has 0 N–H and O–H groups in total. The van der Waals surface area contributed by atoms with Gasteiger partial charge in [-0.15, -0.1) is 0 Å². The quantitative estimate of drug-likeness (QED) is 0.760. The van der Waals surface area contributed by atoms with E-state index in [-0.39, 0.29) is 16.4 Å². The fourth-order valence-corrected chi connectivity index (χ4v) is 2.60. The summed E-state index contributed by atoms with van der Waals surface area (Å²) < 4.78 is 13.8. The van der Waals surface area contributed by atoms with E-state index in [0.29, 0.717) is 12.8 Å². The Kier molecular flexibility index (Phi) is 4.88. The Morgan fingerprint density at radius 3 is 2.28 bits per heavy atom. The minimum absolute atomic E-state index is 0.00318. The average molecular weight is 272 g/mol. The molecule has 0 aliphatic rings. The van der Waals surface area contributed by atoms with Crippen LogP contribution >= 0.6 is 11.6 Å². The highest BCUT2D eigenvalue weighted by Gasteiger charge is 2.39. The summed E-state index contributed by atoms with van der Waals surface area (Å²) >= 11 is 5.97. The van der Waals surface area contributed by atoms with Gasteiger partial charge in [0.15, 0.2) is 5.78 Å². The third-order valence-electron chi connectivity index (χ3n) is 3.64. The minimum Gasteiger partial charge on any atom is -0.297 e. The van der Waals surface area contributed by atoms with Crippen molar-refractivity contribution in [3.8, 4) is 0 Å². The van der Waals surface area contributed by atoms with Crippen molar-refractivity contribution in [1.29, 1.82) is 0 Å². The van der Waals surface area contributed by atoms with Crippen molar-refractivity contribution in [2.75, 3.05) is 14.1 Å². The molecular formula is C14H19ClFNO. The van der Waals surface area contributed by atoms with E-state index in [4.69, 9.17) is 11.6 Å². The van der Waals surface area contributed by atoms with Gasteiger partial charge in [-0.25, -0.2) is 4.39 Å². The van der Waals surface area contributed by atoms with Crippen LogP contribution in [0, 0.1) is 5.82 Å². The lowest BCUT2D eigenvalue weighted by Crippen LogP contribution is -2.50. The van der Waals surface area contributed by atoms with E-state index in [0.717, 1.165) is 0 Å². The van der Waals surface area contributed by atoms with Crippen molar-refractivity contribution in [3.05, 3.63) is 34.6 Å². The second-order valence-electron chi connectivity index (χ2n) is 4.56. The van der Waals surface area contributed by atoms with Crippen molar-refractivity contribution in [2.24, 2.45) is 0 Å². The Bertz CT molecular complexity index is 421. The molecule has 0 aliphatic heterocycles. The first-order valence-electron chi connectivity index (χ1n) is 6.07. The second kappa shape index (κ2) is 5.81. The summed E-state index contributed by atoms with van der Waals surface area (Å²) in [6, 6.07) is 4.32. The van der Waals surface area contributed by atoms with E-state index in [1.54, 1.807) is 6.07 Å². The molecule has 0 fully saturated rings. The van der Waals surface area contributed by atoms with Gasteiger partial charge in [0.2, 0.25) is 0 Å². The summed E-state index contributed by atoms with van der Waals surface area (Å²) in [6.45, 7) is 3.85. The molecule has 0 unspecified atom stereocenters. The van der Waals surface area contributed by atoms with E-state index in [2.05, 4.69) is 0 Å². The fraction of sp³-hybridized carbons (Fsp3) is 0.500. The normalized spacial score (nSPS) is 11.9. The third kappa shape index (κ3) is 2.43. The molecule has 0 saturated heterocycles. The average Bonchev–Trinajstić information content (AvgIpc) is 2.30. The number of hydrogen-bond donors (Lipinski definition) is 0. The van der Waals surface area contributed by atoms with E-state index in [1.807, 2.05) is 32.8 Å². The summed E-state index contributed by atoms with van der Waals surface area (Å²) in [5.74, 6) is -0.804. The van der Waals surface area contributed by atoms with Crippen LogP contribution in [0.2, 0.25) is 5.02 Å². The van der Waals surface area contributed by atoms with Crippen LogP contribution < -0.4 is 0 Å². The Labute approximate surface area is 113 Å². The van der Waals surface area contributed by atoms with Gasteiger partial charge in [0.1, 0.15) is 5.82 Å². The summed E-state index contributed by atoms with van der Waals surface area (Å²) in [7, 11) is 3.67. The highest BCUT2D eigenvalue weighted by molar-refractivity contribution is 6.34. The lowest BCUT2D eigenvalue weighted by molar-refractivity contribution is 0.0652. The molecule has 100 valence electrons. The van der Waals surface area contributed by atoms with Gasteiger partial charge in [-0.1, -0.05) is 31.5 Å². The molecule has 1 aromatic rings. The number of halogens is 2. The first-order valence-corrected chi connectivity index (χ1v) is 6.44. The van der Waals surface area contributed by atoms with Gasteiger partial charge in [-0.3, -0.25) is 9.69 Å². The van der Waals surface area contributed by atoms with Crippen molar-refractivity contribution in [2.45, 2.75) is 32.2 Å². The molecule has 2 nitrogen and oxygen atoms in total. The third-order valence-corrected chi connectivity index (χ3v) is 3.95. The maximum absolute atomic E-state index is 13.8. The summed E-state index contributed by atoms with van der Waals surface area (Å²) in [4.78, 5) is 14.5. The molecule has 0 saturated carbocycles. The molecule has 1 rings (SSSR count). The standard InChI is InChI=1S/C14H19ClFNO/c1-5-14(6-2,17(3)4)13(18)12-10(15)8-7-9-11(12)16/h7-9H,5-6H2,1-4H3. The molecule has 1 aromatic carbocycles. The molecule has 0 amide bonds. The molecule has 0 atom stereocenters. The zero-order valence-corrected chi connectivity index (χ0v) is 12.0. The van der Waals surface area contributed by atoms with Gasteiger partial charge in [0, 0.05) is 0 Å². The SMILES string of the molecule is CCC(CC)(C(=O)c1c(F)cccc1Cl)N(C)C. The number of benzene rings is 1. The minimum atomic E-state index is -0.703. The lowest BCUT2D eigenvalue weighted by Gasteiger charge is -2.37. The van der Waals surface area contributed by atoms with Crippen LogP contribution in [0.1, 0.15) is 37.0 Å². The molecule has 0 aromatic heterocycles. The molecule has 0 aliphatic carbocycles. The van der Waals surface area contributed by atoms with Crippen molar-refractivity contribution in [3.63, 3.8) is 0 Å².